The molecule has 0 spiro atoms. The van der Waals surface area contributed by atoms with Crippen LogP contribution in [0.2, 0.25) is 0 Å². The number of carbonyl (C=O) groups excluding carboxylic acids is 2. The predicted octanol–water partition coefficient (Wildman–Crippen LogP) is 1.87. The van der Waals surface area contributed by atoms with Crippen molar-refractivity contribution in [2.24, 2.45) is 0 Å². The number of rotatable bonds is 8. The maximum Gasteiger partial charge on any atom is 0.272 e. The zero-order valence-corrected chi connectivity index (χ0v) is 16.6. The minimum absolute atomic E-state index is 0.0865. The monoisotopic (exact) mass is 420 g/mol. The molecule has 2 N–H and O–H groups in total. The molecule has 3 heterocycles. The fraction of sp³-hybridized carbons (Fsp3) is 0.400. The van der Waals surface area contributed by atoms with E-state index in [1.807, 2.05) is 6.92 Å². The SMILES string of the molecule is Cc1cc(C(C)N2Cc3c(ccnc3C(=O)NCCO)C2=O)cnc1OCC(F)F. The molecule has 10 heteroatoms. The highest BCUT2D eigenvalue weighted by Gasteiger charge is 2.35. The molecule has 0 bridgehead atoms. The highest BCUT2D eigenvalue weighted by molar-refractivity contribution is 6.03. The number of alkyl halides is 2. The van der Waals surface area contributed by atoms with Crippen LogP contribution in [0.5, 0.6) is 5.88 Å². The molecule has 3 rings (SSSR count). The van der Waals surface area contributed by atoms with Crippen molar-refractivity contribution in [2.45, 2.75) is 32.9 Å². The molecule has 1 atom stereocenters. The van der Waals surface area contributed by atoms with Crippen molar-refractivity contribution in [1.82, 2.24) is 20.2 Å². The molecule has 2 aromatic rings. The van der Waals surface area contributed by atoms with Gasteiger partial charge in [0.1, 0.15) is 5.69 Å². The van der Waals surface area contributed by atoms with Crippen LogP contribution in [0.3, 0.4) is 0 Å². The van der Waals surface area contributed by atoms with E-state index in [4.69, 9.17) is 9.84 Å². The molecule has 30 heavy (non-hydrogen) atoms. The van der Waals surface area contributed by atoms with E-state index < -0.39 is 18.9 Å². The zero-order chi connectivity index (χ0) is 21.8. The number of hydrogen-bond acceptors (Lipinski definition) is 6. The Morgan fingerprint density at radius 2 is 2.17 bits per heavy atom. The Balaban J connectivity index is 1.81. The first-order valence-electron chi connectivity index (χ1n) is 9.38. The molecule has 0 fully saturated rings. The van der Waals surface area contributed by atoms with Crippen LogP contribution in [0.1, 0.15) is 50.5 Å². The van der Waals surface area contributed by atoms with E-state index >= 15 is 0 Å². The third-order valence-corrected chi connectivity index (χ3v) is 4.84. The normalized spacial score (nSPS) is 14.1. The Labute approximate surface area is 171 Å². The molecule has 8 nitrogen and oxygen atoms in total. The lowest BCUT2D eigenvalue weighted by molar-refractivity contribution is 0.0712. The molecule has 2 amide bonds. The molecule has 1 aliphatic heterocycles. The number of hydrogen-bond donors (Lipinski definition) is 2. The minimum atomic E-state index is -2.59. The molecule has 1 aliphatic rings. The number of aromatic nitrogens is 2. The summed E-state index contributed by atoms with van der Waals surface area (Å²) in [6, 6.07) is 2.92. The minimum Gasteiger partial charge on any atom is -0.471 e. The average molecular weight is 420 g/mol. The van der Waals surface area contributed by atoms with Crippen LogP contribution in [0, 0.1) is 6.92 Å². The molecule has 0 aliphatic carbocycles. The first-order valence-corrected chi connectivity index (χ1v) is 9.38. The highest BCUT2D eigenvalue weighted by Crippen LogP contribution is 2.33. The Bertz CT molecular complexity index is 954. The molecule has 0 radical (unpaired) electrons. The summed E-state index contributed by atoms with van der Waals surface area (Å²) in [7, 11) is 0. The van der Waals surface area contributed by atoms with Crippen LogP contribution in [-0.4, -0.2) is 58.0 Å². The van der Waals surface area contributed by atoms with Crippen molar-refractivity contribution in [3.05, 3.63) is 52.5 Å². The predicted molar refractivity (Wildman–Crippen MR) is 102 cm³/mol. The maximum absolute atomic E-state index is 12.9. The van der Waals surface area contributed by atoms with Crippen molar-refractivity contribution in [3.63, 3.8) is 0 Å². The second kappa shape index (κ2) is 9.12. The van der Waals surface area contributed by atoms with Crippen molar-refractivity contribution < 1.29 is 28.2 Å². The van der Waals surface area contributed by atoms with Gasteiger partial charge in [-0.15, -0.1) is 0 Å². The van der Waals surface area contributed by atoms with E-state index in [2.05, 4.69) is 15.3 Å². The van der Waals surface area contributed by atoms with Gasteiger partial charge in [0.25, 0.3) is 18.2 Å². The van der Waals surface area contributed by atoms with E-state index in [0.717, 1.165) is 0 Å². The second-order valence-electron chi connectivity index (χ2n) is 6.87. The topological polar surface area (TPSA) is 105 Å². The smallest absolute Gasteiger partial charge is 0.272 e. The summed E-state index contributed by atoms with van der Waals surface area (Å²) < 4.78 is 29.7. The Morgan fingerprint density at radius 3 is 2.83 bits per heavy atom. The van der Waals surface area contributed by atoms with Crippen LogP contribution in [-0.2, 0) is 6.54 Å². The van der Waals surface area contributed by atoms with Gasteiger partial charge < -0.3 is 20.1 Å². The summed E-state index contributed by atoms with van der Waals surface area (Å²) in [5.74, 6) is -0.581. The molecular weight excluding hydrogens is 398 g/mol. The fourth-order valence-electron chi connectivity index (χ4n) is 3.30. The van der Waals surface area contributed by atoms with Gasteiger partial charge in [-0.3, -0.25) is 14.6 Å². The van der Waals surface area contributed by atoms with Gasteiger partial charge in [-0.1, -0.05) is 0 Å². The fourth-order valence-corrected chi connectivity index (χ4v) is 3.30. The largest absolute Gasteiger partial charge is 0.471 e. The molecule has 0 saturated carbocycles. The molecule has 0 aromatic carbocycles. The number of fused-ring (bicyclic) bond motifs is 1. The third-order valence-electron chi connectivity index (χ3n) is 4.84. The van der Waals surface area contributed by atoms with Gasteiger partial charge in [0.05, 0.1) is 12.6 Å². The second-order valence-corrected chi connectivity index (χ2v) is 6.87. The number of pyridine rings is 2. The van der Waals surface area contributed by atoms with Gasteiger partial charge in [-0.25, -0.2) is 13.8 Å². The first kappa shape index (κ1) is 21.6. The van der Waals surface area contributed by atoms with E-state index in [1.54, 1.807) is 24.0 Å². The van der Waals surface area contributed by atoms with E-state index in [9.17, 15) is 18.4 Å². The summed E-state index contributed by atoms with van der Waals surface area (Å²) >= 11 is 0. The number of halogens is 2. The highest BCUT2D eigenvalue weighted by atomic mass is 19.3. The van der Waals surface area contributed by atoms with Crippen LogP contribution in [0.15, 0.2) is 24.5 Å². The van der Waals surface area contributed by atoms with Gasteiger partial charge in [0, 0.05) is 42.2 Å². The van der Waals surface area contributed by atoms with Crippen molar-refractivity contribution in [1.29, 1.82) is 0 Å². The lowest BCUT2D eigenvalue weighted by Crippen LogP contribution is -2.29. The van der Waals surface area contributed by atoms with E-state index in [1.165, 1.54) is 12.4 Å². The van der Waals surface area contributed by atoms with E-state index in [-0.39, 0.29) is 43.2 Å². The number of nitrogens with one attached hydrogen (secondary N) is 1. The molecule has 2 aromatic heterocycles. The van der Waals surface area contributed by atoms with E-state index in [0.29, 0.717) is 22.3 Å². The van der Waals surface area contributed by atoms with Gasteiger partial charge in [0.15, 0.2) is 6.61 Å². The van der Waals surface area contributed by atoms with Gasteiger partial charge in [0.2, 0.25) is 5.88 Å². The first-order chi connectivity index (χ1) is 14.3. The number of amides is 2. The number of aryl methyl sites for hydroxylation is 1. The van der Waals surface area contributed by atoms with Crippen molar-refractivity contribution in [2.75, 3.05) is 19.8 Å². The number of ether oxygens (including phenoxy) is 1. The van der Waals surface area contributed by atoms with Crippen LogP contribution >= 0.6 is 0 Å². The quantitative estimate of drug-likeness (QED) is 0.676. The summed E-state index contributed by atoms with van der Waals surface area (Å²) in [6.07, 6.45) is 0.296. The number of aliphatic hydroxyl groups excluding tert-OH is 1. The number of nitrogens with zero attached hydrogens (tertiary/aromatic N) is 3. The summed E-state index contributed by atoms with van der Waals surface area (Å²) in [5.41, 5.74) is 2.35. The number of carbonyl (C=O) groups is 2. The Hall–Kier alpha value is -3.14. The van der Waals surface area contributed by atoms with Gasteiger partial charge >= 0.3 is 0 Å². The number of aliphatic hydroxyl groups is 1. The molecule has 160 valence electrons. The molecular formula is C20H22F2N4O4. The van der Waals surface area contributed by atoms with Gasteiger partial charge in [-0.2, -0.15) is 0 Å². The van der Waals surface area contributed by atoms with Crippen LogP contribution in [0.25, 0.3) is 0 Å². The van der Waals surface area contributed by atoms with Crippen molar-refractivity contribution in [3.8, 4) is 5.88 Å². The van der Waals surface area contributed by atoms with Crippen LogP contribution in [0.4, 0.5) is 8.78 Å². The molecule has 1 unspecified atom stereocenters. The third kappa shape index (κ3) is 4.38. The lowest BCUT2D eigenvalue weighted by Gasteiger charge is -2.25. The lowest BCUT2D eigenvalue weighted by atomic mass is 10.1. The molecule has 0 saturated heterocycles. The summed E-state index contributed by atoms with van der Waals surface area (Å²) in [6.45, 7) is 2.84. The van der Waals surface area contributed by atoms with Crippen molar-refractivity contribution >= 4 is 11.8 Å². The summed E-state index contributed by atoms with van der Waals surface area (Å²) in [4.78, 5) is 35.0. The maximum atomic E-state index is 12.9. The van der Waals surface area contributed by atoms with Gasteiger partial charge in [-0.05, 0) is 31.5 Å². The zero-order valence-electron chi connectivity index (χ0n) is 16.6. The van der Waals surface area contributed by atoms with Crippen LogP contribution < -0.4 is 10.1 Å². The summed E-state index contributed by atoms with van der Waals surface area (Å²) in [5, 5.41) is 11.4. The Morgan fingerprint density at radius 1 is 1.40 bits per heavy atom. The standard InChI is InChI=1S/C20H22F2N4O4/c1-11-7-13(8-25-19(11)30-10-16(21)22)12(2)26-9-15-14(20(26)29)3-4-23-17(15)18(28)24-5-6-27/h3-4,7-8,12,16,27H,5-6,9-10H2,1-2H3,(H,24,28). The Kier molecular flexibility index (Phi) is 6.56. The average Bonchev–Trinajstić information content (AvgIpc) is 3.07.